The first-order valence-corrected chi connectivity index (χ1v) is 7.33. The Morgan fingerprint density at radius 1 is 1.19 bits per heavy atom. The van der Waals surface area contributed by atoms with Crippen molar-refractivity contribution in [2.75, 3.05) is 26.2 Å². The molecule has 1 aliphatic carbocycles. The first-order chi connectivity index (χ1) is 10.1. The van der Waals surface area contributed by atoms with E-state index in [0.717, 1.165) is 37.9 Å². The summed E-state index contributed by atoms with van der Waals surface area (Å²) in [6, 6.07) is 2.75. The van der Waals surface area contributed by atoms with Gasteiger partial charge in [-0.3, -0.25) is 4.90 Å². The van der Waals surface area contributed by atoms with Crippen molar-refractivity contribution in [1.82, 2.24) is 10.2 Å². The standard InChI is InChI=1S/C15H19F3N2O/c16-13-5-10(6-14(17)15(13)18)7-19-8-12-9-20(3-4-21-12)11-1-2-11/h5-6,11-12,19H,1-4,7-9H2/t12-/m1/s1. The molecule has 0 bridgehead atoms. The van der Waals surface area contributed by atoms with Crippen LogP contribution in [0.5, 0.6) is 0 Å². The lowest BCUT2D eigenvalue weighted by Crippen LogP contribution is -2.47. The number of nitrogens with one attached hydrogen (secondary N) is 1. The van der Waals surface area contributed by atoms with Crippen LogP contribution in [-0.2, 0) is 11.3 Å². The number of hydrogen-bond donors (Lipinski definition) is 1. The van der Waals surface area contributed by atoms with Gasteiger partial charge in [-0.15, -0.1) is 0 Å². The smallest absolute Gasteiger partial charge is 0.194 e. The molecule has 1 atom stereocenters. The summed E-state index contributed by atoms with van der Waals surface area (Å²) in [6.07, 6.45) is 2.64. The molecule has 0 amide bonds. The Kier molecular flexibility index (Phi) is 4.47. The van der Waals surface area contributed by atoms with Gasteiger partial charge in [0.2, 0.25) is 0 Å². The Bertz CT molecular complexity index is 485. The van der Waals surface area contributed by atoms with E-state index in [1.165, 1.54) is 12.8 Å². The van der Waals surface area contributed by atoms with E-state index in [0.29, 0.717) is 12.1 Å². The number of halogens is 3. The van der Waals surface area contributed by atoms with Gasteiger partial charge in [0.25, 0.3) is 0 Å². The van der Waals surface area contributed by atoms with Crippen LogP contribution >= 0.6 is 0 Å². The maximum Gasteiger partial charge on any atom is 0.194 e. The van der Waals surface area contributed by atoms with E-state index in [9.17, 15) is 13.2 Å². The fourth-order valence-electron chi connectivity index (χ4n) is 2.72. The molecule has 1 aromatic carbocycles. The molecule has 0 spiro atoms. The van der Waals surface area contributed by atoms with Crippen molar-refractivity contribution in [1.29, 1.82) is 0 Å². The fraction of sp³-hybridized carbons (Fsp3) is 0.600. The molecule has 1 aliphatic heterocycles. The molecule has 2 fully saturated rings. The highest BCUT2D eigenvalue weighted by Crippen LogP contribution is 2.28. The summed E-state index contributed by atoms with van der Waals surface area (Å²) >= 11 is 0. The third-order valence-electron chi connectivity index (χ3n) is 3.98. The second-order valence-corrected chi connectivity index (χ2v) is 5.72. The normalized spacial score (nSPS) is 23.5. The van der Waals surface area contributed by atoms with Gasteiger partial charge in [0.05, 0.1) is 12.7 Å². The van der Waals surface area contributed by atoms with Crippen LogP contribution in [0.1, 0.15) is 18.4 Å². The van der Waals surface area contributed by atoms with Gasteiger partial charge in [0.1, 0.15) is 0 Å². The summed E-state index contributed by atoms with van der Waals surface area (Å²) in [5, 5.41) is 3.12. The minimum absolute atomic E-state index is 0.0921. The van der Waals surface area contributed by atoms with Crippen molar-refractivity contribution in [2.24, 2.45) is 0 Å². The van der Waals surface area contributed by atoms with Crippen molar-refractivity contribution in [3.8, 4) is 0 Å². The van der Waals surface area contributed by atoms with Crippen LogP contribution in [0.4, 0.5) is 13.2 Å². The third kappa shape index (κ3) is 3.75. The molecule has 1 heterocycles. The van der Waals surface area contributed by atoms with E-state index < -0.39 is 17.5 Å². The minimum Gasteiger partial charge on any atom is -0.374 e. The molecule has 21 heavy (non-hydrogen) atoms. The second kappa shape index (κ2) is 6.34. The van der Waals surface area contributed by atoms with Crippen LogP contribution in [0.3, 0.4) is 0 Å². The zero-order valence-corrected chi connectivity index (χ0v) is 11.7. The first kappa shape index (κ1) is 14.8. The summed E-state index contributed by atoms with van der Waals surface area (Å²) < 4.78 is 44.7. The van der Waals surface area contributed by atoms with Crippen LogP contribution in [0.15, 0.2) is 12.1 Å². The number of ether oxygens (including phenoxy) is 1. The van der Waals surface area contributed by atoms with Gasteiger partial charge in [0, 0.05) is 32.2 Å². The van der Waals surface area contributed by atoms with Crippen molar-refractivity contribution in [2.45, 2.75) is 31.5 Å². The molecule has 1 N–H and O–H groups in total. The Balaban J connectivity index is 1.47. The number of morpholine rings is 1. The molecule has 1 saturated carbocycles. The Morgan fingerprint density at radius 3 is 2.57 bits per heavy atom. The highest BCUT2D eigenvalue weighted by molar-refractivity contribution is 5.19. The third-order valence-corrected chi connectivity index (χ3v) is 3.98. The van der Waals surface area contributed by atoms with Crippen molar-refractivity contribution in [3.63, 3.8) is 0 Å². The Hall–Kier alpha value is -1.11. The van der Waals surface area contributed by atoms with Crippen molar-refractivity contribution >= 4 is 0 Å². The number of nitrogens with zero attached hydrogens (tertiary/aromatic N) is 1. The zero-order valence-electron chi connectivity index (χ0n) is 11.7. The van der Waals surface area contributed by atoms with Gasteiger partial charge in [-0.05, 0) is 30.5 Å². The van der Waals surface area contributed by atoms with Crippen LogP contribution in [0, 0.1) is 17.5 Å². The molecule has 1 saturated heterocycles. The van der Waals surface area contributed by atoms with Gasteiger partial charge in [-0.25, -0.2) is 13.2 Å². The summed E-state index contributed by atoms with van der Waals surface area (Å²) in [7, 11) is 0. The molecular formula is C15H19F3N2O. The number of benzene rings is 1. The summed E-state index contributed by atoms with van der Waals surface area (Å²) in [5.74, 6) is -3.73. The van der Waals surface area contributed by atoms with Crippen LogP contribution in [0.25, 0.3) is 0 Å². The maximum absolute atomic E-state index is 13.1. The van der Waals surface area contributed by atoms with Crippen LogP contribution in [-0.4, -0.2) is 43.3 Å². The van der Waals surface area contributed by atoms with E-state index in [4.69, 9.17) is 4.74 Å². The second-order valence-electron chi connectivity index (χ2n) is 5.72. The molecule has 0 radical (unpaired) electrons. The molecule has 6 heteroatoms. The average Bonchev–Trinajstić information content (AvgIpc) is 3.30. The van der Waals surface area contributed by atoms with Gasteiger partial charge < -0.3 is 10.1 Å². The van der Waals surface area contributed by atoms with Crippen LogP contribution in [0.2, 0.25) is 0 Å². The predicted molar refractivity (Wildman–Crippen MR) is 72.4 cm³/mol. The molecular weight excluding hydrogens is 281 g/mol. The van der Waals surface area contributed by atoms with Gasteiger partial charge in [-0.2, -0.15) is 0 Å². The summed E-state index contributed by atoms with van der Waals surface area (Å²) in [4.78, 5) is 2.44. The Morgan fingerprint density at radius 2 is 1.90 bits per heavy atom. The van der Waals surface area contributed by atoms with E-state index in [1.807, 2.05) is 0 Å². The van der Waals surface area contributed by atoms with Gasteiger partial charge in [-0.1, -0.05) is 0 Å². The quantitative estimate of drug-likeness (QED) is 0.843. The largest absolute Gasteiger partial charge is 0.374 e. The zero-order chi connectivity index (χ0) is 14.8. The van der Waals surface area contributed by atoms with E-state index in [-0.39, 0.29) is 12.6 Å². The monoisotopic (exact) mass is 300 g/mol. The lowest BCUT2D eigenvalue weighted by atomic mass is 10.2. The topological polar surface area (TPSA) is 24.5 Å². The van der Waals surface area contributed by atoms with Gasteiger partial charge in [0.15, 0.2) is 17.5 Å². The maximum atomic E-state index is 13.1. The number of hydrogen-bond acceptors (Lipinski definition) is 3. The molecule has 3 nitrogen and oxygen atoms in total. The van der Waals surface area contributed by atoms with Crippen LogP contribution < -0.4 is 5.32 Å². The van der Waals surface area contributed by atoms with E-state index in [1.54, 1.807) is 0 Å². The Labute approximate surface area is 122 Å². The number of rotatable bonds is 5. The molecule has 0 unspecified atom stereocenters. The van der Waals surface area contributed by atoms with Crippen molar-refractivity contribution < 1.29 is 17.9 Å². The summed E-state index contributed by atoms with van der Waals surface area (Å²) in [5.41, 5.74) is 0.390. The minimum atomic E-state index is -1.42. The van der Waals surface area contributed by atoms with Gasteiger partial charge >= 0.3 is 0 Å². The average molecular weight is 300 g/mol. The molecule has 0 aromatic heterocycles. The van der Waals surface area contributed by atoms with E-state index in [2.05, 4.69) is 10.2 Å². The lowest BCUT2D eigenvalue weighted by Gasteiger charge is -2.33. The van der Waals surface area contributed by atoms with E-state index >= 15 is 0 Å². The molecule has 116 valence electrons. The lowest BCUT2D eigenvalue weighted by molar-refractivity contribution is -0.0301. The van der Waals surface area contributed by atoms with Crippen molar-refractivity contribution in [3.05, 3.63) is 35.1 Å². The molecule has 3 rings (SSSR count). The molecule has 1 aromatic rings. The fourth-order valence-corrected chi connectivity index (χ4v) is 2.72. The molecule has 2 aliphatic rings. The highest BCUT2D eigenvalue weighted by Gasteiger charge is 2.32. The highest BCUT2D eigenvalue weighted by atomic mass is 19.2. The SMILES string of the molecule is Fc1cc(CNC[C@@H]2CN(C3CC3)CCO2)cc(F)c1F. The summed E-state index contributed by atoms with van der Waals surface area (Å²) in [6.45, 7) is 3.50. The first-order valence-electron chi connectivity index (χ1n) is 7.33. The predicted octanol–water partition coefficient (Wildman–Crippen LogP) is 2.06.